The highest BCUT2D eigenvalue weighted by Crippen LogP contribution is 2.18. The van der Waals surface area contributed by atoms with Crippen molar-refractivity contribution < 1.29 is 0 Å². The van der Waals surface area contributed by atoms with Crippen LogP contribution in [0.25, 0.3) is 0 Å². The molecule has 1 aromatic carbocycles. The Hall–Kier alpha value is -0.860. The van der Waals surface area contributed by atoms with Crippen LogP contribution in [0.5, 0.6) is 0 Å². The van der Waals surface area contributed by atoms with Gasteiger partial charge in [-0.1, -0.05) is 57.0 Å². The van der Waals surface area contributed by atoms with E-state index in [1.807, 2.05) is 0 Å². The van der Waals surface area contributed by atoms with Gasteiger partial charge < -0.3 is 11.1 Å². The van der Waals surface area contributed by atoms with Crippen LogP contribution >= 0.6 is 0 Å². The predicted octanol–water partition coefficient (Wildman–Crippen LogP) is 3.07. The lowest BCUT2D eigenvalue weighted by atomic mass is 9.89. The highest BCUT2D eigenvalue weighted by atomic mass is 15.0. The molecule has 0 heterocycles. The molecule has 0 spiro atoms. The first-order valence-electron chi connectivity index (χ1n) is 6.75. The molecule has 3 N–H and O–H groups in total. The Morgan fingerprint density at radius 1 is 1.18 bits per heavy atom. The fourth-order valence-electron chi connectivity index (χ4n) is 2.11. The smallest absolute Gasteiger partial charge is 0.0304 e. The fraction of sp³-hybridized carbons (Fsp3) is 0.600. The fourth-order valence-corrected chi connectivity index (χ4v) is 2.11. The van der Waals surface area contributed by atoms with Gasteiger partial charge in [-0.3, -0.25) is 0 Å². The summed E-state index contributed by atoms with van der Waals surface area (Å²) < 4.78 is 0. The van der Waals surface area contributed by atoms with E-state index in [1.165, 1.54) is 24.8 Å². The molecule has 0 amide bonds. The Balaban J connectivity index is 2.54. The van der Waals surface area contributed by atoms with E-state index < -0.39 is 0 Å². The topological polar surface area (TPSA) is 38.0 Å². The van der Waals surface area contributed by atoms with Crippen LogP contribution in [0.1, 0.15) is 45.1 Å². The van der Waals surface area contributed by atoms with Gasteiger partial charge in [0.1, 0.15) is 0 Å². The molecule has 2 nitrogen and oxygen atoms in total. The van der Waals surface area contributed by atoms with Crippen LogP contribution in [0.2, 0.25) is 0 Å². The molecule has 1 atom stereocenters. The molecule has 0 saturated heterocycles. The van der Waals surface area contributed by atoms with Gasteiger partial charge >= 0.3 is 0 Å². The molecular weight excluding hydrogens is 208 g/mol. The van der Waals surface area contributed by atoms with Crippen molar-refractivity contribution in [3.63, 3.8) is 0 Å². The van der Waals surface area contributed by atoms with Crippen molar-refractivity contribution in [1.29, 1.82) is 0 Å². The Labute approximate surface area is 106 Å². The van der Waals surface area contributed by atoms with Gasteiger partial charge in [-0.25, -0.2) is 0 Å². The average molecular weight is 234 g/mol. The molecule has 1 aromatic rings. The van der Waals surface area contributed by atoms with E-state index in [0.717, 1.165) is 19.5 Å². The third-order valence-corrected chi connectivity index (χ3v) is 3.59. The van der Waals surface area contributed by atoms with Gasteiger partial charge in [0.05, 0.1) is 0 Å². The maximum Gasteiger partial charge on any atom is 0.0304 e. The minimum Gasteiger partial charge on any atom is -0.329 e. The van der Waals surface area contributed by atoms with Gasteiger partial charge in [0.2, 0.25) is 0 Å². The normalized spacial score (nSPS) is 14.5. The maximum atomic E-state index is 5.96. The summed E-state index contributed by atoms with van der Waals surface area (Å²) in [7, 11) is 0. The van der Waals surface area contributed by atoms with Gasteiger partial charge in [0, 0.05) is 18.6 Å². The molecule has 0 radical (unpaired) electrons. The van der Waals surface area contributed by atoms with E-state index in [9.17, 15) is 0 Å². The summed E-state index contributed by atoms with van der Waals surface area (Å²) in [4.78, 5) is 0. The summed E-state index contributed by atoms with van der Waals surface area (Å²) in [6, 6.07) is 10.5. The van der Waals surface area contributed by atoms with Crippen molar-refractivity contribution in [3.8, 4) is 0 Å². The van der Waals surface area contributed by atoms with Crippen LogP contribution in [0.4, 0.5) is 0 Å². The van der Waals surface area contributed by atoms with Crippen molar-refractivity contribution in [2.45, 2.75) is 51.6 Å². The van der Waals surface area contributed by atoms with Crippen LogP contribution in [0, 0.1) is 0 Å². The lowest BCUT2D eigenvalue weighted by Gasteiger charge is -2.33. The van der Waals surface area contributed by atoms with Crippen molar-refractivity contribution in [2.24, 2.45) is 5.73 Å². The Kier molecular flexibility index (Phi) is 6.23. The number of unbranched alkanes of at least 4 members (excludes halogenated alkanes) is 1. The second kappa shape index (κ2) is 7.46. The van der Waals surface area contributed by atoms with E-state index in [4.69, 9.17) is 5.73 Å². The van der Waals surface area contributed by atoms with Crippen LogP contribution < -0.4 is 11.1 Å². The molecule has 17 heavy (non-hydrogen) atoms. The molecule has 0 aliphatic carbocycles. The largest absolute Gasteiger partial charge is 0.329 e. The zero-order chi connectivity index (χ0) is 12.6. The second-order valence-corrected chi connectivity index (χ2v) is 4.78. The molecule has 0 bridgehead atoms. The van der Waals surface area contributed by atoms with Crippen molar-refractivity contribution in [1.82, 2.24) is 5.32 Å². The van der Waals surface area contributed by atoms with Crippen molar-refractivity contribution >= 4 is 0 Å². The first-order chi connectivity index (χ1) is 8.26. The summed E-state index contributed by atoms with van der Waals surface area (Å²) in [6.07, 6.45) is 4.74. The summed E-state index contributed by atoms with van der Waals surface area (Å²) in [6.45, 7) is 6.08. The first-order valence-corrected chi connectivity index (χ1v) is 6.75. The van der Waals surface area contributed by atoms with Crippen molar-refractivity contribution in [3.05, 3.63) is 35.9 Å². The standard InChI is InChI=1S/C15H26N2/c1-3-5-11-15(4-2,13-16)17-12-14-9-7-6-8-10-14/h6-10,17H,3-5,11-13,16H2,1-2H3. The van der Waals surface area contributed by atoms with Crippen LogP contribution in [-0.4, -0.2) is 12.1 Å². The van der Waals surface area contributed by atoms with Crippen LogP contribution in [-0.2, 0) is 6.54 Å². The minimum absolute atomic E-state index is 0.117. The Bertz CT molecular complexity index is 291. The van der Waals surface area contributed by atoms with Crippen LogP contribution in [0.3, 0.4) is 0 Å². The predicted molar refractivity (Wildman–Crippen MR) is 74.9 cm³/mol. The van der Waals surface area contributed by atoms with E-state index in [-0.39, 0.29) is 5.54 Å². The minimum atomic E-state index is 0.117. The average Bonchev–Trinajstić information content (AvgIpc) is 2.41. The zero-order valence-corrected chi connectivity index (χ0v) is 11.2. The van der Waals surface area contributed by atoms with E-state index in [2.05, 4.69) is 49.5 Å². The highest BCUT2D eigenvalue weighted by molar-refractivity contribution is 5.14. The molecule has 0 saturated carbocycles. The molecule has 0 aliphatic rings. The van der Waals surface area contributed by atoms with Crippen molar-refractivity contribution in [2.75, 3.05) is 6.54 Å². The van der Waals surface area contributed by atoms with E-state index >= 15 is 0 Å². The Morgan fingerprint density at radius 3 is 2.41 bits per heavy atom. The second-order valence-electron chi connectivity index (χ2n) is 4.78. The van der Waals surface area contributed by atoms with Gasteiger partial charge in [0.15, 0.2) is 0 Å². The van der Waals surface area contributed by atoms with Gasteiger partial charge in [0.25, 0.3) is 0 Å². The third kappa shape index (κ3) is 4.49. The monoisotopic (exact) mass is 234 g/mol. The SMILES string of the molecule is CCCCC(CC)(CN)NCc1ccccc1. The molecule has 1 unspecified atom stereocenters. The zero-order valence-electron chi connectivity index (χ0n) is 11.2. The number of hydrogen-bond acceptors (Lipinski definition) is 2. The molecule has 0 aliphatic heterocycles. The summed E-state index contributed by atoms with van der Waals surface area (Å²) >= 11 is 0. The molecule has 96 valence electrons. The van der Waals surface area contributed by atoms with Gasteiger partial charge in [-0.15, -0.1) is 0 Å². The number of nitrogens with two attached hydrogens (primary N) is 1. The summed E-state index contributed by atoms with van der Waals surface area (Å²) in [5.74, 6) is 0. The third-order valence-electron chi connectivity index (χ3n) is 3.59. The summed E-state index contributed by atoms with van der Waals surface area (Å²) in [5.41, 5.74) is 7.41. The van der Waals surface area contributed by atoms with Gasteiger partial charge in [-0.2, -0.15) is 0 Å². The number of hydrogen-bond donors (Lipinski definition) is 2. The van der Waals surface area contributed by atoms with E-state index in [0.29, 0.717) is 0 Å². The number of benzene rings is 1. The summed E-state index contributed by atoms with van der Waals surface area (Å²) in [5, 5.41) is 3.66. The molecule has 0 aromatic heterocycles. The van der Waals surface area contributed by atoms with E-state index in [1.54, 1.807) is 0 Å². The number of rotatable bonds is 8. The number of nitrogens with one attached hydrogen (secondary N) is 1. The van der Waals surface area contributed by atoms with Crippen LogP contribution in [0.15, 0.2) is 30.3 Å². The van der Waals surface area contributed by atoms with Gasteiger partial charge in [-0.05, 0) is 18.4 Å². The molecule has 2 heteroatoms. The molecule has 0 fully saturated rings. The molecule has 1 rings (SSSR count). The maximum absolute atomic E-state index is 5.96. The quantitative estimate of drug-likeness (QED) is 0.725. The lowest BCUT2D eigenvalue weighted by Crippen LogP contribution is -2.50. The first kappa shape index (κ1) is 14.2. The lowest BCUT2D eigenvalue weighted by molar-refractivity contribution is 0.288. The Morgan fingerprint density at radius 2 is 1.88 bits per heavy atom. The highest BCUT2D eigenvalue weighted by Gasteiger charge is 2.24. The molecular formula is C15H26N2.